The van der Waals surface area contributed by atoms with E-state index in [0.717, 1.165) is 15.6 Å². The van der Waals surface area contributed by atoms with Crippen LogP contribution in [0.2, 0.25) is 0 Å². The quantitative estimate of drug-likeness (QED) is 0.746. The molecule has 2 heterocycles. The highest BCUT2D eigenvalue weighted by molar-refractivity contribution is 7.14. The third-order valence-corrected chi connectivity index (χ3v) is 3.96. The van der Waals surface area contributed by atoms with Crippen LogP contribution in [-0.2, 0) is 13.6 Å². The molecule has 2 aromatic heterocycles. The third-order valence-electron chi connectivity index (χ3n) is 2.99. The number of amides is 1. The summed E-state index contributed by atoms with van der Waals surface area (Å²) in [6.07, 6.45) is 1.58. The number of aryl methyl sites for hydroxylation is 1. The number of carbonyl (C=O) groups excluding carboxylic acids is 1. The van der Waals surface area contributed by atoms with Gasteiger partial charge in [0.1, 0.15) is 15.6 Å². The van der Waals surface area contributed by atoms with Crippen molar-refractivity contribution in [2.24, 2.45) is 12.8 Å². The fraction of sp³-hybridized carbons (Fsp3) is 0.143. The fourth-order valence-corrected chi connectivity index (χ4v) is 2.77. The predicted octanol–water partition coefficient (Wildman–Crippen LogP) is 1.65. The molecule has 0 fully saturated rings. The summed E-state index contributed by atoms with van der Waals surface area (Å²) < 4.78 is 1.54. The lowest BCUT2D eigenvalue weighted by Crippen LogP contribution is -2.13. The number of carbonyl (C=O) groups is 1. The van der Waals surface area contributed by atoms with Gasteiger partial charge in [-0.05, 0) is 0 Å². The number of anilines is 1. The SMILES string of the molecule is Cn1cc(C(N)=O)c(NCc2nnc(-c3ccccc3)s2)n1. The number of aromatic nitrogens is 4. The maximum Gasteiger partial charge on any atom is 0.254 e. The molecule has 3 rings (SSSR count). The Bertz CT molecular complexity index is 795. The van der Waals surface area contributed by atoms with Gasteiger partial charge in [0.2, 0.25) is 0 Å². The van der Waals surface area contributed by atoms with Gasteiger partial charge in [0, 0.05) is 18.8 Å². The zero-order chi connectivity index (χ0) is 15.5. The average Bonchev–Trinajstić information content (AvgIpc) is 3.12. The normalized spacial score (nSPS) is 10.6. The van der Waals surface area contributed by atoms with Crippen molar-refractivity contribution in [3.63, 3.8) is 0 Å². The summed E-state index contributed by atoms with van der Waals surface area (Å²) in [5, 5.41) is 17.2. The van der Waals surface area contributed by atoms with Gasteiger partial charge < -0.3 is 11.1 Å². The van der Waals surface area contributed by atoms with Crippen LogP contribution < -0.4 is 11.1 Å². The highest BCUT2D eigenvalue weighted by Gasteiger charge is 2.13. The molecule has 8 heteroatoms. The van der Waals surface area contributed by atoms with Crippen molar-refractivity contribution in [2.75, 3.05) is 5.32 Å². The number of nitrogens with one attached hydrogen (secondary N) is 1. The van der Waals surface area contributed by atoms with Crippen LogP contribution in [0.15, 0.2) is 36.5 Å². The molecule has 0 atom stereocenters. The zero-order valence-corrected chi connectivity index (χ0v) is 12.7. The summed E-state index contributed by atoms with van der Waals surface area (Å²) in [6.45, 7) is 0.432. The van der Waals surface area contributed by atoms with Crippen LogP contribution >= 0.6 is 11.3 Å². The number of nitrogens with zero attached hydrogens (tertiary/aromatic N) is 4. The molecule has 22 heavy (non-hydrogen) atoms. The summed E-state index contributed by atoms with van der Waals surface area (Å²) in [6, 6.07) is 9.85. The van der Waals surface area contributed by atoms with E-state index in [9.17, 15) is 4.79 Å². The van der Waals surface area contributed by atoms with Gasteiger partial charge in [-0.1, -0.05) is 41.7 Å². The van der Waals surface area contributed by atoms with Crippen LogP contribution in [0.3, 0.4) is 0 Å². The molecule has 112 valence electrons. The van der Waals surface area contributed by atoms with Crippen molar-refractivity contribution >= 4 is 23.1 Å². The summed E-state index contributed by atoms with van der Waals surface area (Å²) in [7, 11) is 1.73. The molecule has 0 unspecified atom stereocenters. The van der Waals surface area contributed by atoms with Gasteiger partial charge in [-0.2, -0.15) is 5.10 Å². The second-order valence-electron chi connectivity index (χ2n) is 4.65. The smallest absolute Gasteiger partial charge is 0.254 e. The van der Waals surface area contributed by atoms with E-state index in [2.05, 4.69) is 20.6 Å². The first kappa shape index (κ1) is 14.2. The minimum absolute atomic E-state index is 0.357. The van der Waals surface area contributed by atoms with Gasteiger partial charge >= 0.3 is 0 Å². The summed E-state index contributed by atoms with van der Waals surface area (Å²) in [4.78, 5) is 11.3. The Labute approximate surface area is 130 Å². The number of hydrogen-bond donors (Lipinski definition) is 2. The molecule has 0 saturated heterocycles. The second-order valence-corrected chi connectivity index (χ2v) is 5.71. The lowest BCUT2D eigenvalue weighted by molar-refractivity contribution is 0.100. The number of primary amides is 1. The monoisotopic (exact) mass is 314 g/mol. The Morgan fingerprint density at radius 1 is 1.32 bits per heavy atom. The minimum atomic E-state index is -0.516. The second kappa shape index (κ2) is 5.94. The summed E-state index contributed by atoms with van der Waals surface area (Å²) in [5.74, 6) is -0.0655. The molecular weight excluding hydrogens is 300 g/mol. The van der Waals surface area contributed by atoms with E-state index in [4.69, 9.17) is 5.73 Å². The van der Waals surface area contributed by atoms with Gasteiger partial charge in [0.15, 0.2) is 5.82 Å². The van der Waals surface area contributed by atoms with Gasteiger partial charge in [0.05, 0.1) is 6.54 Å². The van der Waals surface area contributed by atoms with Crippen molar-refractivity contribution in [1.29, 1.82) is 0 Å². The minimum Gasteiger partial charge on any atom is -0.365 e. The number of rotatable bonds is 5. The first-order chi connectivity index (χ1) is 10.6. The molecule has 7 nitrogen and oxygen atoms in total. The van der Waals surface area contributed by atoms with Crippen LogP contribution in [0.1, 0.15) is 15.4 Å². The molecule has 3 N–H and O–H groups in total. The largest absolute Gasteiger partial charge is 0.365 e. The van der Waals surface area contributed by atoms with E-state index in [1.165, 1.54) is 16.0 Å². The Morgan fingerprint density at radius 2 is 2.09 bits per heavy atom. The van der Waals surface area contributed by atoms with Crippen LogP contribution in [0, 0.1) is 0 Å². The molecule has 1 amide bonds. The van der Waals surface area contributed by atoms with Gasteiger partial charge in [-0.15, -0.1) is 10.2 Å². The summed E-state index contributed by atoms with van der Waals surface area (Å²) >= 11 is 1.49. The average molecular weight is 314 g/mol. The van der Waals surface area contributed by atoms with E-state index in [-0.39, 0.29) is 0 Å². The van der Waals surface area contributed by atoms with E-state index in [0.29, 0.717) is 17.9 Å². The number of benzene rings is 1. The Kier molecular flexibility index (Phi) is 3.84. The Hall–Kier alpha value is -2.74. The molecule has 0 spiro atoms. The van der Waals surface area contributed by atoms with E-state index >= 15 is 0 Å². The van der Waals surface area contributed by atoms with Gasteiger partial charge in [-0.3, -0.25) is 9.48 Å². The molecule has 0 bridgehead atoms. The Balaban J connectivity index is 1.73. The molecule has 0 aliphatic heterocycles. The number of nitrogens with two attached hydrogens (primary N) is 1. The van der Waals surface area contributed by atoms with Crippen LogP contribution in [0.5, 0.6) is 0 Å². The molecule has 0 aliphatic carbocycles. The standard InChI is InChI=1S/C14H14N6OS/c1-20-8-10(12(15)21)13(19-20)16-7-11-17-18-14(22-11)9-5-3-2-4-6-9/h2-6,8H,7H2,1H3,(H2,15,21)(H,16,19). The number of hydrogen-bond acceptors (Lipinski definition) is 6. The zero-order valence-electron chi connectivity index (χ0n) is 11.9. The Morgan fingerprint density at radius 3 is 2.82 bits per heavy atom. The van der Waals surface area contributed by atoms with Gasteiger partial charge in [-0.25, -0.2) is 0 Å². The van der Waals surface area contributed by atoms with Crippen LogP contribution in [-0.4, -0.2) is 25.9 Å². The van der Waals surface area contributed by atoms with Crippen LogP contribution in [0.25, 0.3) is 10.6 Å². The van der Waals surface area contributed by atoms with Crippen molar-refractivity contribution in [2.45, 2.75) is 6.54 Å². The molecule has 0 radical (unpaired) electrons. The molecule has 3 aromatic rings. The molecule has 0 saturated carbocycles. The van der Waals surface area contributed by atoms with Crippen molar-refractivity contribution in [3.8, 4) is 10.6 Å². The fourth-order valence-electron chi connectivity index (χ4n) is 1.98. The lowest BCUT2D eigenvalue weighted by atomic mass is 10.2. The highest BCUT2D eigenvalue weighted by Crippen LogP contribution is 2.23. The first-order valence-corrected chi connectivity index (χ1v) is 7.40. The van der Waals surface area contributed by atoms with E-state index in [1.807, 2.05) is 30.3 Å². The van der Waals surface area contributed by atoms with Crippen LogP contribution in [0.4, 0.5) is 5.82 Å². The summed E-state index contributed by atoms with van der Waals surface area (Å²) in [5.41, 5.74) is 6.71. The predicted molar refractivity (Wildman–Crippen MR) is 84.4 cm³/mol. The van der Waals surface area contributed by atoms with Crippen molar-refractivity contribution in [1.82, 2.24) is 20.0 Å². The van der Waals surface area contributed by atoms with E-state index < -0.39 is 5.91 Å². The molecular formula is C14H14N6OS. The van der Waals surface area contributed by atoms with E-state index in [1.54, 1.807) is 13.2 Å². The molecule has 1 aromatic carbocycles. The molecule has 0 aliphatic rings. The topological polar surface area (TPSA) is 98.7 Å². The van der Waals surface area contributed by atoms with Crippen molar-refractivity contribution < 1.29 is 4.79 Å². The van der Waals surface area contributed by atoms with Crippen molar-refractivity contribution in [3.05, 3.63) is 47.1 Å². The maximum atomic E-state index is 11.3. The first-order valence-electron chi connectivity index (χ1n) is 6.58. The highest BCUT2D eigenvalue weighted by atomic mass is 32.1. The maximum absolute atomic E-state index is 11.3. The van der Waals surface area contributed by atoms with Gasteiger partial charge in [0.25, 0.3) is 5.91 Å². The third kappa shape index (κ3) is 2.96. The lowest BCUT2D eigenvalue weighted by Gasteiger charge is -2.00.